The second kappa shape index (κ2) is 6.52. The lowest BCUT2D eigenvalue weighted by Crippen LogP contribution is -2.40. The Bertz CT molecular complexity index is 544. The Balaban J connectivity index is 1.71. The van der Waals surface area contributed by atoms with Gasteiger partial charge in [-0.25, -0.2) is 4.79 Å². The zero-order valence-corrected chi connectivity index (χ0v) is 14.7. The third kappa shape index (κ3) is 3.60. The van der Waals surface area contributed by atoms with Crippen molar-refractivity contribution in [3.63, 3.8) is 0 Å². The van der Waals surface area contributed by atoms with Gasteiger partial charge >= 0.3 is 5.97 Å². The van der Waals surface area contributed by atoms with Crippen molar-refractivity contribution in [2.24, 2.45) is 0 Å². The largest absolute Gasteiger partial charge is 0.478 e. The van der Waals surface area contributed by atoms with Gasteiger partial charge in [-0.05, 0) is 59.1 Å². The maximum atomic E-state index is 11.2. The van der Waals surface area contributed by atoms with E-state index in [1.807, 2.05) is 23.9 Å². The van der Waals surface area contributed by atoms with Crippen LogP contribution in [0.3, 0.4) is 0 Å². The van der Waals surface area contributed by atoms with Crippen LogP contribution in [0.5, 0.6) is 0 Å². The minimum absolute atomic E-state index is 0.0750. The van der Waals surface area contributed by atoms with Gasteiger partial charge < -0.3 is 9.84 Å². The summed E-state index contributed by atoms with van der Waals surface area (Å²) in [6, 6.07) is 5.58. The number of ether oxygens (including phenoxy) is 1. The molecule has 6 heteroatoms. The summed E-state index contributed by atoms with van der Waals surface area (Å²) in [5, 5.41) is 9.72. The Morgan fingerprint density at radius 3 is 3.10 bits per heavy atom. The van der Waals surface area contributed by atoms with Crippen molar-refractivity contribution in [3.05, 3.63) is 28.2 Å². The first-order valence-electron chi connectivity index (χ1n) is 6.99. The van der Waals surface area contributed by atoms with Crippen molar-refractivity contribution < 1.29 is 14.6 Å². The molecule has 2 unspecified atom stereocenters. The third-order valence-corrected chi connectivity index (χ3v) is 7.16. The topological polar surface area (TPSA) is 46.5 Å². The van der Waals surface area contributed by atoms with E-state index in [2.05, 4.69) is 15.9 Å². The highest BCUT2D eigenvalue weighted by atomic mass is 79.9. The van der Waals surface area contributed by atoms with Crippen molar-refractivity contribution in [3.8, 4) is 0 Å². The maximum absolute atomic E-state index is 11.2. The molecular formula is C15H17BrO3S2. The first kappa shape index (κ1) is 15.7. The van der Waals surface area contributed by atoms with Gasteiger partial charge in [-0.15, -0.1) is 11.8 Å². The lowest BCUT2D eigenvalue weighted by Gasteiger charge is -2.37. The van der Waals surface area contributed by atoms with Crippen LogP contribution in [0.4, 0.5) is 0 Å². The standard InChI is InChI=1S/C15H17BrO3S2/c16-13-2-1-10(7-12(13)14(17)18)21-11-3-5-19-15(8-11)4-6-20-9-15/h1-2,7,11H,3-6,8-9H2,(H,17,18). The highest BCUT2D eigenvalue weighted by Crippen LogP contribution is 2.43. The molecule has 2 atom stereocenters. The summed E-state index contributed by atoms with van der Waals surface area (Å²) in [7, 11) is 0. The van der Waals surface area contributed by atoms with Crippen LogP contribution in [0.15, 0.2) is 27.6 Å². The molecule has 2 fully saturated rings. The molecule has 2 aliphatic rings. The number of hydrogen-bond acceptors (Lipinski definition) is 4. The molecule has 0 radical (unpaired) electrons. The van der Waals surface area contributed by atoms with Crippen LogP contribution in [-0.4, -0.2) is 40.0 Å². The van der Waals surface area contributed by atoms with E-state index in [0.717, 1.165) is 36.5 Å². The van der Waals surface area contributed by atoms with Crippen molar-refractivity contribution in [2.75, 3.05) is 18.1 Å². The molecule has 21 heavy (non-hydrogen) atoms. The normalized spacial score (nSPS) is 28.9. The fourth-order valence-corrected chi connectivity index (χ4v) is 5.99. The number of aromatic carboxylic acids is 1. The van der Waals surface area contributed by atoms with Crippen LogP contribution in [0, 0.1) is 0 Å². The molecule has 1 spiro atoms. The molecule has 3 rings (SSSR count). The molecule has 0 saturated carbocycles. The van der Waals surface area contributed by atoms with E-state index in [-0.39, 0.29) is 5.60 Å². The minimum atomic E-state index is -0.889. The monoisotopic (exact) mass is 388 g/mol. The lowest BCUT2D eigenvalue weighted by atomic mass is 9.93. The maximum Gasteiger partial charge on any atom is 0.336 e. The Morgan fingerprint density at radius 1 is 1.52 bits per heavy atom. The highest BCUT2D eigenvalue weighted by Gasteiger charge is 2.40. The van der Waals surface area contributed by atoms with Gasteiger partial charge in [0.2, 0.25) is 0 Å². The van der Waals surface area contributed by atoms with Crippen LogP contribution < -0.4 is 0 Å². The second-order valence-electron chi connectivity index (χ2n) is 5.51. The van der Waals surface area contributed by atoms with Gasteiger partial charge in [0.15, 0.2) is 0 Å². The van der Waals surface area contributed by atoms with Crippen LogP contribution >= 0.6 is 39.5 Å². The molecule has 2 aliphatic heterocycles. The first-order valence-corrected chi connectivity index (χ1v) is 9.82. The lowest BCUT2D eigenvalue weighted by molar-refractivity contribution is -0.0562. The number of halogens is 1. The smallest absolute Gasteiger partial charge is 0.336 e. The SMILES string of the molecule is O=C(O)c1cc(SC2CCOC3(CCSC3)C2)ccc1Br. The van der Waals surface area contributed by atoms with Gasteiger partial charge in [0.25, 0.3) is 0 Å². The number of rotatable bonds is 3. The molecule has 2 saturated heterocycles. The molecular weight excluding hydrogens is 372 g/mol. The van der Waals surface area contributed by atoms with Gasteiger partial charge in [-0.3, -0.25) is 0 Å². The van der Waals surface area contributed by atoms with Crippen molar-refractivity contribution in [1.29, 1.82) is 0 Å². The molecule has 3 nitrogen and oxygen atoms in total. The predicted octanol–water partition coefficient (Wildman–Crippen LogP) is 4.29. The van der Waals surface area contributed by atoms with E-state index in [4.69, 9.17) is 4.74 Å². The summed E-state index contributed by atoms with van der Waals surface area (Å²) in [5.74, 6) is 1.41. The van der Waals surface area contributed by atoms with Crippen LogP contribution in [0.1, 0.15) is 29.6 Å². The Labute approximate surface area is 141 Å². The van der Waals surface area contributed by atoms with Gasteiger partial charge in [-0.2, -0.15) is 11.8 Å². The predicted molar refractivity (Wildman–Crippen MR) is 90.6 cm³/mol. The summed E-state index contributed by atoms with van der Waals surface area (Å²) < 4.78 is 6.67. The number of carboxylic acid groups (broad SMARTS) is 1. The van der Waals surface area contributed by atoms with E-state index in [1.54, 1.807) is 17.8 Å². The van der Waals surface area contributed by atoms with Gasteiger partial charge in [0.05, 0.1) is 11.2 Å². The molecule has 1 N–H and O–H groups in total. The molecule has 0 amide bonds. The number of carbonyl (C=O) groups is 1. The Hall–Kier alpha value is -0.170. The highest BCUT2D eigenvalue weighted by molar-refractivity contribution is 9.10. The van der Waals surface area contributed by atoms with Crippen molar-refractivity contribution in [2.45, 2.75) is 35.0 Å². The number of benzene rings is 1. The van der Waals surface area contributed by atoms with Crippen molar-refractivity contribution >= 4 is 45.4 Å². The van der Waals surface area contributed by atoms with Gasteiger partial charge in [0.1, 0.15) is 0 Å². The molecule has 0 bridgehead atoms. The fraction of sp³-hybridized carbons (Fsp3) is 0.533. The zero-order valence-electron chi connectivity index (χ0n) is 11.5. The number of hydrogen-bond donors (Lipinski definition) is 1. The summed E-state index contributed by atoms with van der Waals surface area (Å²) in [5.41, 5.74) is 0.407. The molecule has 0 aromatic heterocycles. The van der Waals surface area contributed by atoms with Crippen LogP contribution in [0.2, 0.25) is 0 Å². The second-order valence-corrected chi connectivity index (χ2v) is 8.85. The average Bonchev–Trinajstić information content (AvgIpc) is 2.88. The first-order chi connectivity index (χ1) is 10.1. The number of thioether (sulfide) groups is 2. The summed E-state index contributed by atoms with van der Waals surface area (Å²) in [4.78, 5) is 12.2. The molecule has 1 aromatic carbocycles. The van der Waals surface area contributed by atoms with E-state index in [1.165, 1.54) is 5.75 Å². The Kier molecular flexibility index (Phi) is 4.88. The Morgan fingerprint density at radius 2 is 2.38 bits per heavy atom. The van der Waals surface area contributed by atoms with Crippen molar-refractivity contribution in [1.82, 2.24) is 0 Å². The van der Waals surface area contributed by atoms with Crippen LogP contribution in [0.25, 0.3) is 0 Å². The average molecular weight is 389 g/mol. The summed E-state index contributed by atoms with van der Waals surface area (Å²) in [6.45, 7) is 0.820. The summed E-state index contributed by atoms with van der Waals surface area (Å²) >= 11 is 7.06. The van der Waals surface area contributed by atoms with Gasteiger partial charge in [-0.1, -0.05) is 0 Å². The number of carboxylic acids is 1. The van der Waals surface area contributed by atoms with E-state index in [0.29, 0.717) is 15.3 Å². The van der Waals surface area contributed by atoms with Crippen LogP contribution in [-0.2, 0) is 4.74 Å². The molecule has 114 valence electrons. The zero-order chi connectivity index (χ0) is 14.9. The van der Waals surface area contributed by atoms with E-state index >= 15 is 0 Å². The third-order valence-electron chi connectivity index (χ3n) is 3.99. The molecule has 1 aromatic rings. The summed E-state index contributed by atoms with van der Waals surface area (Å²) in [6.07, 6.45) is 3.26. The van der Waals surface area contributed by atoms with E-state index < -0.39 is 5.97 Å². The minimum Gasteiger partial charge on any atom is -0.478 e. The quantitative estimate of drug-likeness (QED) is 0.836. The van der Waals surface area contributed by atoms with E-state index in [9.17, 15) is 9.90 Å². The van der Waals surface area contributed by atoms with Gasteiger partial charge in [0, 0.05) is 27.0 Å². The molecule has 2 heterocycles. The fourth-order valence-electron chi connectivity index (χ4n) is 2.88. The molecule has 0 aliphatic carbocycles.